The van der Waals surface area contributed by atoms with Gasteiger partial charge >= 0.3 is 5.97 Å². The Kier molecular flexibility index (Phi) is 3.21. The maximum Gasteiger partial charge on any atom is 0.351 e. The number of carbonyl (C=O) groups excluding carboxylic acids is 1. The van der Waals surface area contributed by atoms with Crippen molar-refractivity contribution in [2.45, 2.75) is 6.92 Å². The van der Waals surface area contributed by atoms with E-state index in [0.717, 1.165) is 5.56 Å². The lowest BCUT2D eigenvalue weighted by Crippen LogP contribution is -2.07. The monoisotopic (exact) mass is 214 g/mol. The molecule has 2 N–H and O–H groups in total. The summed E-state index contributed by atoms with van der Waals surface area (Å²) < 4.78 is 24.1. The van der Waals surface area contributed by atoms with Crippen molar-refractivity contribution in [3.05, 3.63) is 29.3 Å². The lowest BCUT2D eigenvalue weighted by atomic mass is 10.1. The first-order chi connectivity index (χ1) is 6.50. The molecule has 0 saturated carbocycles. The van der Waals surface area contributed by atoms with Crippen molar-refractivity contribution >= 4 is 23.0 Å². The Hall–Kier alpha value is -1.40. The van der Waals surface area contributed by atoms with Gasteiger partial charge in [0.15, 0.2) is 0 Å². The third-order valence-corrected chi connectivity index (χ3v) is 1.95. The van der Waals surface area contributed by atoms with Gasteiger partial charge in [-0.15, -0.1) is 0 Å². The number of carbonyl (C=O) groups is 1. The molecule has 0 bridgehead atoms. The van der Waals surface area contributed by atoms with Crippen molar-refractivity contribution in [1.29, 1.82) is 0 Å². The summed E-state index contributed by atoms with van der Waals surface area (Å²) in [6, 6.07) is 4.42. The second-order valence-electron chi connectivity index (χ2n) is 2.65. The highest BCUT2D eigenvalue weighted by Crippen LogP contribution is 2.13. The Morgan fingerprint density at radius 1 is 1.57 bits per heavy atom. The number of hydrogen-bond donors (Lipinski definition) is 1. The van der Waals surface area contributed by atoms with E-state index in [0.29, 0.717) is 5.69 Å². The number of anilines is 1. The van der Waals surface area contributed by atoms with E-state index < -0.39 is 17.3 Å². The molecule has 0 radical (unpaired) electrons. The van der Waals surface area contributed by atoms with Crippen molar-refractivity contribution in [3.63, 3.8) is 0 Å². The van der Waals surface area contributed by atoms with E-state index in [9.17, 15) is 13.6 Å². The molecule has 1 unspecified atom stereocenters. The van der Waals surface area contributed by atoms with Crippen molar-refractivity contribution in [3.8, 4) is 0 Å². The standard InChI is InChI=1S/C8H9NO4S/c1-5-2-3-6(4-7(5)9)8(10)13-14(11)12/h2-4H,9H2,1H3,(H,11,12)/p-1. The molecule has 5 nitrogen and oxygen atoms in total. The largest absolute Gasteiger partial charge is 0.740 e. The van der Waals surface area contributed by atoms with Crippen molar-refractivity contribution in [2.24, 2.45) is 0 Å². The first-order valence-electron chi connectivity index (χ1n) is 3.68. The summed E-state index contributed by atoms with van der Waals surface area (Å²) in [5.41, 5.74) is 6.86. The molecule has 0 amide bonds. The molecule has 0 aromatic heterocycles. The Balaban J connectivity index is 2.91. The third-order valence-electron chi connectivity index (χ3n) is 1.66. The van der Waals surface area contributed by atoms with Crippen LogP contribution < -0.4 is 5.73 Å². The van der Waals surface area contributed by atoms with Gasteiger partial charge in [-0.1, -0.05) is 6.07 Å². The Morgan fingerprint density at radius 3 is 2.71 bits per heavy atom. The predicted octanol–water partition coefficient (Wildman–Crippen LogP) is 0.528. The summed E-state index contributed by atoms with van der Waals surface area (Å²) >= 11 is -2.85. The average molecular weight is 214 g/mol. The fourth-order valence-corrected chi connectivity index (χ4v) is 1.10. The molecule has 0 saturated heterocycles. The molecule has 0 fully saturated rings. The highest BCUT2D eigenvalue weighted by atomic mass is 32.2. The minimum Gasteiger partial charge on any atom is -0.740 e. The SMILES string of the molecule is Cc1ccc(C(=O)OS(=O)[O-])cc1N. The van der Waals surface area contributed by atoms with Crippen LogP contribution in [0.2, 0.25) is 0 Å². The topological polar surface area (TPSA) is 92.5 Å². The number of nitrogen functional groups attached to an aromatic ring is 1. The van der Waals surface area contributed by atoms with Gasteiger partial charge in [-0.3, -0.25) is 0 Å². The zero-order chi connectivity index (χ0) is 10.7. The Bertz CT molecular complexity index is 391. The van der Waals surface area contributed by atoms with Crippen LogP contribution in [0, 0.1) is 6.92 Å². The first-order valence-corrected chi connectivity index (χ1v) is 4.68. The minimum atomic E-state index is -2.85. The van der Waals surface area contributed by atoms with E-state index in [2.05, 4.69) is 4.18 Å². The normalized spacial score (nSPS) is 12.1. The fraction of sp³-hybridized carbons (Fsp3) is 0.125. The lowest BCUT2D eigenvalue weighted by Gasteiger charge is -2.06. The highest BCUT2D eigenvalue weighted by Gasteiger charge is 2.08. The second-order valence-corrected chi connectivity index (χ2v) is 3.22. The number of nitrogens with two attached hydrogens (primary N) is 1. The predicted molar refractivity (Wildman–Crippen MR) is 49.9 cm³/mol. The van der Waals surface area contributed by atoms with Crippen LogP contribution in [-0.2, 0) is 15.5 Å². The molecular formula is C8H8NO4S-. The van der Waals surface area contributed by atoms with Crippen molar-refractivity contribution in [1.82, 2.24) is 0 Å². The summed E-state index contributed by atoms with van der Waals surface area (Å²) in [6.07, 6.45) is 0. The van der Waals surface area contributed by atoms with E-state index in [1.54, 1.807) is 13.0 Å². The lowest BCUT2D eigenvalue weighted by molar-refractivity contribution is 0.0742. The third kappa shape index (κ3) is 2.54. The number of rotatable bonds is 2. The maximum atomic E-state index is 11.0. The summed E-state index contributed by atoms with van der Waals surface area (Å²) in [6.45, 7) is 1.77. The van der Waals surface area contributed by atoms with E-state index in [-0.39, 0.29) is 5.56 Å². The van der Waals surface area contributed by atoms with Gasteiger partial charge in [0.2, 0.25) is 0 Å². The summed E-state index contributed by atoms with van der Waals surface area (Å²) in [5.74, 6) is -0.940. The van der Waals surface area contributed by atoms with Crippen molar-refractivity contribution < 1.29 is 17.7 Å². The van der Waals surface area contributed by atoms with Crippen LogP contribution in [0.4, 0.5) is 5.69 Å². The summed E-state index contributed by atoms with van der Waals surface area (Å²) in [7, 11) is 0. The molecule has 0 aliphatic rings. The average Bonchev–Trinajstić information content (AvgIpc) is 2.08. The molecule has 0 aliphatic heterocycles. The zero-order valence-electron chi connectivity index (χ0n) is 7.35. The van der Waals surface area contributed by atoms with Gasteiger partial charge in [0, 0.05) is 5.69 Å². The minimum absolute atomic E-state index is 0.109. The summed E-state index contributed by atoms with van der Waals surface area (Å²) in [4.78, 5) is 11.0. The molecule has 1 atom stereocenters. The second kappa shape index (κ2) is 4.21. The van der Waals surface area contributed by atoms with Crippen LogP contribution in [0.25, 0.3) is 0 Å². The summed E-state index contributed by atoms with van der Waals surface area (Å²) in [5, 5.41) is 0. The van der Waals surface area contributed by atoms with E-state index in [1.165, 1.54) is 12.1 Å². The van der Waals surface area contributed by atoms with Crippen LogP contribution in [-0.4, -0.2) is 14.7 Å². The molecule has 6 heteroatoms. The molecule has 1 aromatic carbocycles. The number of hydrogen-bond acceptors (Lipinski definition) is 5. The molecule has 0 aliphatic carbocycles. The van der Waals surface area contributed by atoms with Gasteiger partial charge in [0.25, 0.3) is 0 Å². The zero-order valence-corrected chi connectivity index (χ0v) is 8.17. The quantitative estimate of drug-likeness (QED) is 0.572. The Morgan fingerprint density at radius 2 is 2.21 bits per heavy atom. The van der Waals surface area contributed by atoms with Gasteiger partial charge in [0.05, 0.1) is 5.56 Å². The van der Waals surface area contributed by atoms with Crippen LogP contribution >= 0.6 is 0 Å². The molecule has 14 heavy (non-hydrogen) atoms. The fourth-order valence-electron chi connectivity index (χ4n) is 0.877. The molecule has 0 heterocycles. The first kappa shape index (κ1) is 10.7. The number of aryl methyl sites for hydroxylation is 1. The van der Waals surface area contributed by atoms with E-state index in [1.807, 2.05) is 0 Å². The smallest absolute Gasteiger partial charge is 0.351 e. The van der Waals surface area contributed by atoms with Crippen LogP contribution in [0.3, 0.4) is 0 Å². The highest BCUT2D eigenvalue weighted by molar-refractivity contribution is 7.74. The van der Waals surface area contributed by atoms with Crippen molar-refractivity contribution in [2.75, 3.05) is 5.73 Å². The Labute approximate surface area is 83.4 Å². The molecular weight excluding hydrogens is 206 g/mol. The van der Waals surface area contributed by atoms with Gasteiger partial charge in [0.1, 0.15) is 11.4 Å². The van der Waals surface area contributed by atoms with E-state index in [4.69, 9.17) is 5.73 Å². The van der Waals surface area contributed by atoms with Gasteiger partial charge in [-0.2, -0.15) is 0 Å². The maximum absolute atomic E-state index is 11.0. The molecule has 1 rings (SSSR count). The van der Waals surface area contributed by atoms with Gasteiger partial charge in [-0.05, 0) is 24.6 Å². The van der Waals surface area contributed by atoms with Gasteiger partial charge < -0.3 is 14.5 Å². The number of benzene rings is 1. The van der Waals surface area contributed by atoms with Crippen LogP contribution in [0.15, 0.2) is 18.2 Å². The molecule has 0 spiro atoms. The van der Waals surface area contributed by atoms with E-state index >= 15 is 0 Å². The van der Waals surface area contributed by atoms with Crippen LogP contribution in [0.1, 0.15) is 15.9 Å². The molecule has 76 valence electrons. The molecule has 1 aromatic rings. The van der Waals surface area contributed by atoms with Crippen LogP contribution in [0.5, 0.6) is 0 Å². The van der Waals surface area contributed by atoms with Gasteiger partial charge in [-0.25, -0.2) is 9.00 Å².